The smallest absolute Gasteiger partial charge is 0.410 e. The molecule has 2 aliphatic rings. The molecule has 1 fully saturated rings. The number of likely N-dealkylation sites (tertiary alicyclic amines) is 1. The van der Waals surface area contributed by atoms with Gasteiger partial charge in [-0.05, 0) is 42.0 Å². The van der Waals surface area contributed by atoms with Crippen molar-refractivity contribution >= 4 is 17.6 Å². The highest BCUT2D eigenvalue weighted by atomic mass is 16.6. The van der Waals surface area contributed by atoms with E-state index in [-0.39, 0.29) is 24.4 Å². The zero-order valence-electron chi connectivity index (χ0n) is 18.1. The third-order valence-corrected chi connectivity index (χ3v) is 6.32. The Bertz CT molecular complexity index is 951. The Morgan fingerprint density at radius 1 is 0.968 bits per heavy atom. The Labute approximate surface area is 183 Å². The van der Waals surface area contributed by atoms with Gasteiger partial charge in [0.05, 0.1) is 6.61 Å². The third kappa shape index (κ3) is 4.36. The maximum atomic E-state index is 13.0. The number of fused-ring (bicyclic) bond motifs is 1. The van der Waals surface area contributed by atoms with Crippen LogP contribution in [0.5, 0.6) is 0 Å². The lowest BCUT2D eigenvalue weighted by molar-refractivity contribution is -0.149. The first kappa shape index (κ1) is 21.2. The average Bonchev–Trinajstić information content (AvgIpc) is 3.38. The van der Waals surface area contributed by atoms with Crippen LogP contribution in [0.15, 0.2) is 60.7 Å². The molecule has 2 aromatic carbocycles. The van der Waals surface area contributed by atoms with Crippen LogP contribution in [0.4, 0.5) is 4.79 Å². The minimum atomic E-state index is -0.614. The van der Waals surface area contributed by atoms with Crippen molar-refractivity contribution in [1.82, 2.24) is 4.90 Å². The topological polar surface area (TPSA) is 55.8 Å². The first-order chi connectivity index (χ1) is 15.1. The number of benzene rings is 2. The normalized spacial score (nSPS) is 22.1. The highest BCUT2D eigenvalue weighted by Crippen LogP contribution is 2.46. The van der Waals surface area contributed by atoms with Gasteiger partial charge in [-0.3, -0.25) is 4.90 Å². The first-order valence-electron chi connectivity index (χ1n) is 11.1. The number of hydrogen-bond donors (Lipinski definition) is 0. The number of esters is 1. The molecule has 0 saturated carbocycles. The molecule has 2 aromatic rings. The fraction of sp³-hybridized carbons (Fsp3) is 0.385. The summed E-state index contributed by atoms with van der Waals surface area (Å²) in [6.07, 6.45) is 3.51. The molecule has 5 nitrogen and oxygen atoms in total. The summed E-state index contributed by atoms with van der Waals surface area (Å²) in [7, 11) is 0. The van der Waals surface area contributed by atoms with Gasteiger partial charge in [-0.1, -0.05) is 67.6 Å². The zero-order chi connectivity index (χ0) is 21.8. The Morgan fingerprint density at radius 3 is 2.39 bits per heavy atom. The van der Waals surface area contributed by atoms with Gasteiger partial charge in [0.2, 0.25) is 0 Å². The number of allylic oxidation sites excluding steroid dienone is 1. The molecule has 0 N–H and O–H groups in total. The van der Waals surface area contributed by atoms with Gasteiger partial charge in [0, 0.05) is 18.4 Å². The minimum absolute atomic E-state index is 0.0178. The average molecular weight is 420 g/mol. The lowest BCUT2D eigenvalue weighted by Crippen LogP contribution is -2.44. The largest absolute Gasteiger partial charge is 0.464 e. The Hall–Kier alpha value is -3.08. The van der Waals surface area contributed by atoms with Gasteiger partial charge in [0.1, 0.15) is 12.6 Å². The molecule has 0 radical (unpaired) electrons. The Morgan fingerprint density at radius 2 is 1.71 bits per heavy atom. The van der Waals surface area contributed by atoms with Gasteiger partial charge >= 0.3 is 12.1 Å². The molecule has 0 aromatic heterocycles. The molecule has 1 aliphatic carbocycles. The summed E-state index contributed by atoms with van der Waals surface area (Å²) in [5.41, 5.74) is 4.58. The van der Waals surface area contributed by atoms with Crippen LogP contribution in [-0.4, -0.2) is 36.2 Å². The van der Waals surface area contributed by atoms with E-state index >= 15 is 0 Å². The molecule has 0 bridgehead atoms. The van der Waals surface area contributed by atoms with Crippen molar-refractivity contribution in [2.45, 2.75) is 39.3 Å². The van der Waals surface area contributed by atoms with E-state index in [1.54, 1.807) is 11.8 Å². The van der Waals surface area contributed by atoms with Gasteiger partial charge < -0.3 is 9.47 Å². The number of amides is 1. The van der Waals surface area contributed by atoms with Crippen molar-refractivity contribution in [3.05, 3.63) is 77.4 Å². The van der Waals surface area contributed by atoms with Gasteiger partial charge in [0.25, 0.3) is 0 Å². The fourth-order valence-corrected chi connectivity index (χ4v) is 4.73. The van der Waals surface area contributed by atoms with Crippen LogP contribution < -0.4 is 0 Å². The van der Waals surface area contributed by atoms with Gasteiger partial charge in [-0.25, -0.2) is 9.59 Å². The summed E-state index contributed by atoms with van der Waals surface area (Å²) in [5.74, 6) is -0.224. The Kier molecular flexibility index (Phi) is 6.40. The quantitative estimate of drug-likeness (QED) is 0.628. The maximum Gasteiger partial charge on any atom is 0.410 e. The highest BCUT2D eigenvalue weighted by molar-refractivity contribution is 5.85. The van der Waals surface area contributed by atoms with E-state index in [9.17, 15) is 9.59 Å². The van der Waals surface area contributed by atoms with Gasteiger partial charge in [-0.2, -0.15) is 0 Å². The summed E-state index contributed by atoms with van der Waals surface area (Å²) in [6.45, 7) is 4.86. The molecule has 1 saturated heterocycles. The van der Waals surface area contributed by atoms with E-state index in [0.29, 0.717) is 13.2 Å². The van der Waals surface area contributed by atoms with Crippen LogP contribution in [0.3, 0.4) is 0 Å². The molecule has 1 amide bonds. The molecule has 1 heterocycles. The van der Waals surface area contributed by atoms with Crippen LogP contribution in [0.25, 0.3) is 5.57 Å². The van der Waals surface area contributed by atoms with E-state index in [2.05, 4.69) is 37.3 Å². The summed E-state index contributed by atoms with van der Waals surface area (Å²) in [4.78, 5) is 27.4. The maximum absolute atomic E-state index is 13.0. The van der Waals surface area contributed by atoms with E-state index in [0.717, 1.165) is 24.0 Å². The van der Waals surface area contributed by atoms with Crippen LogP contribution in [0.1, 0.15) is 37.0 Å². The number of carbonyl (C=O) groups excluding carboxylic acids is 2. The first-order valence-corrected chi connectivity index (χ1v) is 11.1. The van der Waals surface area contributed by atoms with Crippen molar-refractivity contribution < 1.29 is 19.1 Å². The lowest BCUT2D eigenvalue weighted by Gasteiger charge is -2.25. The molecular weight excluding hydrogens is 390 g/mol. The number of nitrogens with zero attached hydrogens (tertiary/aromatic N) is 1. The van der Waals surface area contributed by atoms with Crippen LogP contribution in [0.2, 0.25) is 0 Å². The molecule has 0 spiro atoms. The van der Waals surface area contributed by atoms with Crippen LogP contribution >= 0.6 is 0 Å². The Balaban J connectivity index is 1.53. The summed E-state index contributed by atoms with van der Waals surface area (Å²) >= 11 is 0. The van der Waals surface area contributed by atoms with E-state index in [4.69, 9.17) is 9.47 Å². The molecule has 31 heavy (non-hydrogen) atoms. The van der Waals surface area contributed by atoms with Crippen LogP contribution in [0, 0.1) is 11.8 Å². The van der Waals surface area contributed by atoms with Gasteiger partial charge in [-0.15, -0.1) is 0 Å². The molecule has 5 heteroatoms. The standard InChI is InChI=1S/C26H29NO4/c1-3-18-10-12-20(13-11-18)21-14-15-22-23(21)16-27(24(22)25(28)30-4-2)26(29)31-17-19-8-6-5-7-9-19/h5-14,22-24H,3-4,15-17H2,1-2H3/t22-,23+,24-/m0/s1. The molecule has 162 valence electrons. The summed E-state index contributed by atoms with van der Waals surface area (Å²) < 4.78 is 10.9. The second-order valence-corrected chi connectivity index (χ2v) is 8.11. The van der Waals surface area contributed by atoms with Crippen LogP contribution in [-0.2, 0) is 27.3 Å². The lowest BCUT2D eigenvalue weighted by atomic mass is 9.87. The molecule has 4 rings (SSSR count). The molecule has 3 atom stereocenters. The molecule has 1 aliphatic heterocycles. The third-order valence-electron chi connectivity index (χ3n) is 6.32. The number of rotatable bonds is 6. The predicted octanol–water partition coefficient (Wildman–Crippen LogP) is 4.85. The predicted molar refractivity (Wildman–Crippen MR) is 119 cm³/mol. The summed E-state index contributed by atoms with van der Waals surface area (Å²) in [5, 5.41) is 0. The molecular formula is C26H29NO4. The SMILES string of the molecule is CCOC(=O)[C@@H]1[C@H]2CC=C(c3ccc(CC)cc3)[C@H]2CN1C(=O)OCc1ccccc1. The second kappa shape index (κ2) is 9.38. The van der Waals surface area contributed by atoms with Crippen molar-refractivity contribution in [3.63, 3.8) is 0 Å². The van der Waals surface area contributed by atoms with Crippen molar-refractivity contribution in [1.29, 1.82) is 0 Å². The summed E-state index contributed by atoms with van der Waals surface area (Å²) in [6, 6.07) is 17.5. The molecule has 0 unspecified atom stereocenters. The van der Waals surface area contributed by atoms with Crippen molar-refractivity contribution in [3.8, 4) is 0 Å². The second-order valence-electron chi connectivity index (χ2n) is 8.11. The highest BCUT2D eigenvalue weighted by Gasteiger charge is 2.52. The van der Waals surface area contributed by atoms with Gasteiger partial charge in [0.15, 0.2) is 0 Å². The van der Waals surface area contributed by atoms with E-state index in [1.807, 2.05) is 30.3 Å². The zero-order valence-corrected chi connectivity index (χ0v) is 18.1. The number of aryl methyl sites for hydroxylation is 1. The van der Waals surface area contributed by atoms with Crippen molar-refractivity contribution in [2.24, 2.45) is 11.8 Å². The van der Waals surface area contributed by atoms with E-state index in [1.165, 1.54) is 11.1 Å². The number of ether oxygens (including phenoxy) is 2. The minimum Gasteiger partial charge on any atom is -0.464 e. The monoisotopic (exact) mass is 419 g/mol. The number of carbonyl (C=O) groups is 2. The van der Waals surface area contributed by atoms with E-state index < -0.39 is 12.1 Å². The van der Waals surface area contributed by atoms with Crippen molar-refractivity contribution in [2.75, 3.05) is 13.2 Å². The fourth-order valence-electron chi connectivity index (χ4n) is 4.73. The number of hydrogen-bond acceptors (Lipinski definition) is 4.